The van der Waals surface area contributed by atoms with Crippen molar-refractivity contribution >= 4 is 0 Å². The Hall–Kier alpha value is -2.21. The topological polar surface area (TPSA) is 23.8 Å². The van der Waals surface area contributed by atoms with Gasteiger partial charge in [0.15, 0.2) is 0 Å². The highest BCUT2D eigenvalue weighted by Crippen LogP contribution is 2.27. The highest BCUT2D eigenvalue weighted by atomic mass is 19.1. The lowest BCUT2D eigenvalue weighted by atomic mass is 9.99. The molecule has 0 aliphatic carbocycles. The zero-order valence-electron chi connectivity index (χ0n) is 9.87. The van der Waals surface area contributed by atoms with Crippen LogP contribution in [0.5, 0.6) is 0 Å². The zero-order valence-corrected chi connectivity index (χ0v) is 9.87. The van der Waals surface area contributed by atoms with Crippen LogP contribution in [-0.4, -0.2) is 0 Å². The third-order valence-corrected chi connectivity index (χ3v) is 2.73. The Labute approximate surface area is 104 Å². The quantitative estimate of drug-likeness (QED) is 0.781. The molecule has 0 saturated heterocycles. The molecule has 2 aromatic carbocycles. The Bertz CT molecular complexity index is 627. The van der Waals surface area contributed by atoms with Crippen LogP contribution in [-0.2, 0) is 6.42 Å². The monoisotopic (exact) mass is 243 g/mol. The number of benzene rings is 2. The molecule has 0 radical (unpaired) electrons. The largest absolute Gasteiger partial charge is 0.206 e. The molecule has 2 aromatic rings. The molecule has 0 unspecified atom stereocenters. The smallest absolute Gasteiger partial charge is 0.131 e. The molecule has 90 valence electrons. The maximum atomic E-state index is 13.8. The summed E-state index contributed by atoms with van der Waals surface area (Å²) in [5.74, 6) is -0.949. The minimum atomic E-state index is -0.485. The molecule has 0 aliphatic rings. The maximum absolute atomic E-state index is 13.8. The molecular weight excluding hydrogens is 232 g/mol. The van der Waals surface area contributed by atoms with Gasteiger partial charge in [0.2, 0.25) is 0 Å². The van der Waals surface area contributed by atoms with Crippen molar-refractivity contribution in [2.75, 3.05) is 0 Å². The van der Waals surface area contributed by atoms with Crippen LogP contribution in [0.2, 0.25) is 0 Å². The van der Waals surface area contributed by atoms with Crippen LogP contribution >= 0.6 is 0 Å². The van der Waals surface area contributed by atoms with E-state index in [1.807, 2.05) is 13.0 Å². The second kappa shape index (κ2) is 4.97. The molecule has 0 fully saturated rings. The van der Waals surface area contributed by atoms with E-state index in [2.05, 4.69) is 0 Å². The summed E-state index contributed by atoms with van der Waals surface area (Å²) in [5, 5.41) is 8.63. The number of aryl methyl sites for hydroxylation is 1. The van der Waals surface area contributed by atoms with Gasteiger partial charge in [-0.05, 0) is 36.8 Å². The molecule has 0 aromatic heterocycles. The third kappa shape index (κ3) is 2.38. The number of hydrogen-bond donors (Lipinski definition) is 0. The van der Waals surface area contributed by atoms with Crippen LogP contribution in [0.1, 0.15) is 11.1 Å². The normalized spacial score (nSPS) is 10.1. The van der Waals surface area contributed by atoms with Gasteiger partial charge in [-0.15, -0.1) is 0 Å². The van der Waals surface area contributed by atoms with Crippen LogP contribution in [0.4, 0.5) is 8.78 Å². The zero-order chi connectivity index (χ0) is 13.1. The molecule has 0 aliphatic heterocycles. The first kappa shape index (κ1) is 12.3. The minimum absolute atomic E-state index is 0.181. The molecule has 18 heavy (non-hydrogen) atoms. The molecule has 1 nitrogen and oxygen atoms in total. The van der Waals surface area contributed by atoms with Crippen LogP contribution < -0.4 is 0 Å². The molecule has 0 spiro atoms. The second-order valence-corrected chi connectivity index (χ2v) is 4.13. The van der Waals surface area contributed by atoms with Crippen molar-refractivity contribution in [1.82, 2.24) is 0 Å². The first-order chi connectivity index (χ1) is 8.61. The first-order valence-electron chi connectivity index (χ1n) is 5.53. The average Bonchev–Trinajstić information content (AvgIpc) is 2.35. The summed E-state index contributed by atoms with van der Waals surface area (Å²) >= 11 is 0. The van der Waals surface area contributed by atoms with E-state index in [4.69, 9.17) is 5.26 Å². The van der Waals surface area contributed by atoms with Crippen molar-refractivity contribution in [3.05, 3.63) is 59.2 Å². The van der Waals surface area contributed by atoms with Gasteiger partial charge in [0, 0.05) is 11.1 Å². The molecule has 0 saturated carbocycles. The molecule has 3 heteroatoms. The summed E-state index contributed by atoms with van der Waals surface area (Å²) in [4.78, 5) is 0. The van der Waals surface area contributed by atoms with E-state index in [1.54, 1.807) is 12.1 Å². The number of nitrogens with zero attached hydrogens (tertiary/aromatic N) is 1. The predicted molar refractivity (Wildman–Crippen MR) is 65.8 cm³/mol. The van der Waals surface area contributed by atoms with Gasteiger partial charge in [0.05, 0.1) is 12.5 Å². The Morgan fingerprint density at radius 2 is 1.61 bits per heavy atom. The Kier molecular flexibility index (Phi) is 3.38. The van der Waals surface area contributed by atoms with Gasteiger partial charge >= 0.3 is 0 Å². The van der Waals surface area contributed by atoms with Crippen molar-refractivity contribution < 1.29 is 8.78 Å². The van der Waals surface area contributed by atoms with Gasteiger partial charge < -0.3 is 0 Å². The van der Waals surface area contributed by atoms with Gasteiger partial charge in [-0.3, -0.25) is 0 Å². The number of rotatable bonds is 2. The highest BCUT2D eigenvalue weighted by molar-refractivity contribution is 5.66. The van der Waals surface area contributed by atoms with E-state index in [-0.39, 0.29) is 17.5 Å². The van der Waals surface area contributed by atoms with Gasteiger partial charge in [-0.25, -0.2) is 8.78 Å². The van der Waals surface area contributed by atoms with Crippen LogP contribution in [0.3, 0.4) is 0 Å². The fourth-order valence-electron chi connectivity index (χ4n) is 1.83. The van der Waals surface area contributed by atoms with Crippen LogP contribution in [0.25, 0.3) is 11.1 Å². The van der Waals surface area contributed by atoms with E-state index in [0.717, 1.165) is 5.56 Å². The fourth-order valence-corrected chi connectivity index (χ4v) is 1.83. The van der Waals surface area contributed by atoms with Crippen molar-refractivity contribution in [2.24, 2.45) is 0 Å². The van der Waals surface area contributed by atoms with E-state index in [1.165, 1.54) is 24.3 Å². The van der Waals surface area contributed by atoms with Gasteiger partial charge in [0.25, 0.3) is 0 Å². The van der Waals surface area contributed by atoms with E-state index < -0.39 is 11.6 Å². The third-order valence-electron chi connectivity index (χ3n) is 2.73. The van der Waals surface area contributed by atoms with Gasteiger partial charge in [-0.2, -0.15) is 5.26 Å². The standard InChI is InChI=1S/C15H11F2N/c1-10-2-4-14(16)12(8-10)13-9-11(6-7-18)3-5-15(13)17/h2-5,8-9H,6H2,1H3. The average molecular weight is 243 g/mol. The predicted octanol–water partition coefficient (Wildman–Crippen LogP) is 4.01. The van der Waals surface area contributed by atoms with Crippen molar-refractivity contribution in [3.8, 4) is 17.2 Å². The summed E-state index contributed by atoms with van der Waals surface area (Å²) in [5.41, 5.74) is 1.96. The number of halogens is 2. The SMILES string of the molecule is Cc1ccc(F)c(-c2cc(CC#N)ccc2F)c1. The molecule has 0 N–H and O–H groups in total. The lowest BCUT2D eigenvalue weighted by Gasteiger charge is -2.07. The highest BCUT2D eigenvalue weighted by Gasteiger charge is 2.11. The maximum Gasteiger partial charge on any atom is 0.131 e. The van der Waals surface area contributed by atoms with E-state index >= 15 is 0 Å². The molecule has 0 amide bonds. The van der Waals surface area contributed by atoms with Crippen molar-refractivity contribution in [2.45, 2.75) is 13.3 Å². The van der Waals surface area contributed by atoms with E-state index in [9.17, 15) is 8.78 Å². The summed E-state index contributed by atoms with van der Waals surface area (Å²) < 4.78 is 27.5. The molecule has 0 atom stereocenters. The van der Waals surface area contributed by atoms with Crippen LogP contribution in [0, 0.1) is 29.9 Å². The van der Waals surface area contributed by atoms with Gasteiger partial charge in [-0.1, -0.05) is 17.7 Å². The number of hydrogen-bond acceptors (Lipinski definition) is 1. The summed E-state index contributed by atoms with van der Waals surface area (Å²) in [6, 6.07) is 10.9. The Morgan fingerprint density at radius 1 is 1.00 bits per heavy atom. The summed E-state index contributed by atoms with van der Waals surface area (Å²) in [6.07, 6.45) is 0.181. The molecular formula is C15H11F2N. The lowest BCUT2D eigenvalue weighted by molar-refractivity contribution is 0.615. The summed E-state index contributed by atoms with van der Waals surface area (Å²) in [6.45, 7) is 1.82. The van der Waals surface area contributed by atoms with Crippen molar-refractivity contribution in [3.63, 3.8) is 0 Å². The lowest BCUT2D eigenvalue weighted by Crippen LogP contribution is -1.92. The van der Waals surface area contributed by atoms with E-state index in [0.29, 0.717) is 5.56 Å². The minimum Gasteiger partial charge on any atom is -0.206 e. The Balaban J connectivity index is 2.59. The fraction of sp³-hybridized carbons (Fsp3) is 0.133. The Morgan fingerprint density at radius 3 is 2.28 bits per heavy atom. The number of nitriles is 1. The van der Waals surface area contributed by atoms with Crippen LogP contribution in [0.15, 0.2) is 36.4 Å². The summed E-state index contributed by atoms with van der Waals surface area (Å²) in [7, 11) is 0. The second-order valence-electron chi connectivity index (χ2n) is 4.13. The first-order valence-corrected chi connectivity index (χ1v) is 5.53. The van der Waals surface area contributed by atoms with Gasteiger partial charge in [0.1, 0.15) is 11.6 Å². The van der Waals surface area contributed by atoms with Crippen molar-refractivity contribution in [1.29, 1.82) is 5.26 Å². The molecule has 2 rings (SSSR count). The molecule has 0 heterocycles. The molecule has 0 bridgehead atoms.